The Balaban J connectivity index is 2.25. The fourth-order valence-corrected chi connectivity index (χ4v) is 3.35. The second-order valence-corrected chi connectivity index (χ2v) is 8.74. The van der Waals surface area contributed by atoms with Gasteiger partial charge in [-0.3, -0.25) is 9.59 Å². The first kappa shape index (κ1) is 22.1. The summed E-state index contributed by atoms with van der Waals surface area (Å²) in [6, 6.07) is 7.02. The Bertz CT molecular complexity index is 838. The Labute approximate surface area is 167 Å². The molecule has 0 saturated heterocycles. The molecule has 6 heteroatoms. The minimum Gasteiger partial charge on any atom is -0.358 e. The van der Waals surface area contributed by atoms with Gasteiger partial charge in [0, 0.05) is 13.0 Å². The predicted octanol–water partition coefficient (Wildman–Crippen LogP) is 3.05. The summed E-state index contributed by atoms with van der Waals surface area (Å²) >= 11 is 0. The normalized spacial score (nSPS) is 12.9. The summed E-state index contributed by atoms with van der Waals surface area (Å²) in [6.45, 7) is 9.77. The Morgan fingerprint density at radius 1 is 1.18 bits per heavy atom. The van der Waals surface area contributed by atoms with Gasteiger partial charge in [-0.1, -0.05) is 39.3 Å². The number of rotatable bonds is 9. The Kier molecular flexibility index (Phi) is 7.75. The topological polar surface area (TPSA) is 93.7 Å². The zero-order valence-electron chi connectivity index (χ0n) is 17.8. The van der Waals surface area contributed by atoms with Gasteiger partial charge < -0.3 is 15.6 Å². The lowest BCUT2D eigenvalue weighted by atomic mass is 9.91. The first-order valence-corrected chi connectivity index (χ1v) is 10.3. The number of nitrogens with zero attached hydrogens (tertiary/aromatic N) is 2. The first-order valence-electron chi connectivity index (χ1n) is 10.3. The summed E-state index contributed by atoms with van der Waals surface area (Å²) < 4.78 is 0. The van der Waals surface area contributed by atoms with Gasteiger partial charge in [0.15, 0.2) is 0 Å². The van der Waals surface area contributed by atoms with E-state index in [1.807, 2.05) is 30.0 Å². The standard InChI is InChI=1S/C22H34N4O2/c1-16(20-24-18-12-8-7-11-17(18)21(28)25-20)26(14-10-6-5-9-13-23)19(27)15-22(2,3)4/h7-8,11-12,16H,5-6,9-10,13-15,23H2,1-4H3,(H,24,25,28)/p+1/t16-/m0/s1. The molecular weight excluding hydrogens is 352 g/mol. The van der Waals surface area contributed by atoms with Crippen LogP contribution in [0.25, 0.3) is 10.9 Å². The minimum absolute atomic E-state index is 0.0901. The van der Waals surface area contributed by atoms with E-state index in [0.717, 1.165) is 32.2 Å². The monoisotopic (exact) mass is 387 g/mol. The van der Waals surface area contributed by atoms with Crippen molar-refractivity contribution in [2.75, 3.05) is 13.1 Å². The van der Waals surface area contributed by atoms with Crippen molar-refractivity contribution in [2.24, 2.45) is 5.41 Å². The largest absolute Gasteiger partial charge is 0.358 e. The summed E-state index contributed by atoms with van der Waals surface area (Å²) in [5.41, 5.74) is 4.29. The van der Waals surface area contributed by atoms with Crippen molar-refractivity contribution in [3.05, 3.63) is 40.4 Å². The van der Waals surface area contributed by atoms with Crippen LogP contribution >= 0.6 is 0 Å². The second kappa shape index (κ2) is 9.82. The molecule has 1 atom stereocenters. The molecule has 0 aliphatic rings. The van der Waals surface area contributed by atoms with Gasteiger partial charge in [-0.15, -0.1) is 0 Å². The number of aromatic amines is 1. The van der Waals surface area contributed by atoms with E-state index in [1.54, 1.807) is 6.07 Å². The van der Waals surface area contributed by atoms with Crippen LogP contribution in [0.4, 0.5) is 0 Å². The van der Waals surface area contributed by atoms with Gasteiger partial charge in [0.1, 0.15) is 5.82 Å². The summed E-state index contributed by atoms with van der Waals surface area (Å²) in [5.74, 6) is 0.650. The average molecular weight is 388 g/mol. The van der Waals surface area contributed by atoms with Crippen LogP contribution in [0, 0.1) is 5.41 Å². The fraction of sp³-hybridized carbons (Fsp3) is 0.591. The molecule has 154 valence electrons. The highest BCUT2D eigenvalue weighted by Gasteiger charge is 2.27. The van der Waals surface area contributed by atoms with E-state index in [2.05, 4.69) is 36.5 Å². The van der Waals surface area contributed by atoms with Crippen LogP contribution in [0.3, 0.4) is 0 Å². The second-order valence-electron chi connectivity index (χ2n) is 8.74. The molecule has 2 rings (SSSR count). The number of amides is 1. The Morgan fingerprint density at radius 2 is 1.86 bits per heavy atom. The van der Waals surface area contributed by atoms with E-state index >= 15 is 0 Å². The number of benzene rings is 1. The van der Waals surface area contributed by atoms with E-state index in [-0.39, 0.29) is 22.9 Å². The van der Waals surface area contributed by atoms with Crippen LogP contribution in [-0.4, -0.2) is 33.9 Å². The van der Waals surface area contributed by atoms with Crippen molar-refractivity contribution in [2.45, 2.75) is 65.8 Å². The highest BCUT2D eigenvalue weighted by molar-refractivity contribution is 5.78. The SMILES string of the molecule is C[C@@H](c1nc2ccccc2c(=O)[nH]1)N(CCCCCC[NH3+])C(=O)CC(C)(C)C. The summed E-state index contributed by atoms with van der Waals surface area (Å²) in [5, 5.41) is 0.569. The van der Waals surface area contributed by atoms with Gasteiger partial charge in [-0.25, -0.2) is 4.98 Å². The Hall–Kier alpha value is -2.21. The van der Waals surface area contributed by atoms with Gasteiger partial charge >= 0.3 is 0 Å². The molecule has 0 fully saturated rings. The number of hydrogen-bond donors (Lipinski definition) is 2. The van der Waals surface area contributed by atoms with Crippen LogP contribution in [0.1, 0.15) is 71.7 Å². The van der Waals surface area contributed by atoms with Gasteiger partial charge in [-0.2, -0.15) is 0 Å². The lowest BCUT2D eigenvalue weighted by molar-refractivity contribution is -0.368. The summed E-state index contributed by atoms with van der Waals surface area (Å²) in [7, 11) is 0. The van der Waals surface area contributed by atoms with Crippen LogP contribution in [0.2, 0.25) is 0 Å². The molecule has 4 N–H and O–H groups in total. The van der Waals surface area contributed by atoms with Crippen molar-refractivity contribution in [1.29, 1.82) is 0 Å². The number of H-pyrrole nitrogens is 1. The first-order chi connectivity index (χ1) is 13.2. The maximum absolute atomic E-state index is 13.0. The molecule has 6 nitrogen and oxygen atoms in total. The van der Waals surface area contributed by atoms with Gasteiger partial charge in [0.25, 0.3) is 5.56 Å². The number of carbonyl (C=O) groups excluding carboxylic acids is 1. The molecular formula is C22H35N4O2+. The third-order valence-corrected chi connectivity index (χ3v) is 4.90. The molecule has 0 radical (unpaired) electrons. The third kappa shape index (κ3) is 6.16. The molecule has 0 aliphatic carbocycles. The van der Waals surface area contributed by atoms with Crippen molar-refractivity contribution in [3.63, 3.8) is 0 Å². The molecule has 0 aliphatic heterocycles. The van der Waals surface area contributed by atoms with Crippen LogP contribution in [-0.2, 0) is 4.79 Å². The number of quaternary nitrogens is 1. The van der Waals surface area contributed by atoms with Gasteiger partial charge in [0.2, 0.25) is 5.91 Å². The molecule has 1 aromatic carbocycles. The maximum Gasteiger partial charge on any atom is 0.258 e. The van der Waals surface area contributed by atoms with Crippen molar-refractivity contribution in [1.82, 2.24) is 14.9 Å². The zero-order chi connectivity index (χ0) is 20.7. The van der Waals surface area contributed by atoms with Crippen molar-refractivity contribution < 1.29 is 10.5 Å². The molecule has 1 heterocycles. The lowest BCUT2D eigenvalue weighted by Crippen LogP contribution is -2.50. The van der Waals surface area contributed by atoms with E-state index < -0.39 is 0 Å². The van der Waals surface area contributed by atoms with E-state index in [0.29, 0.717) is 29.7 Å². The highest BCUT2D eigenvalue weighted by atomic mass is 16.2. The van der Waals surface area contributed by atoms with E-state index in [1.165, 1.54) is 0 Å². The summed E-state index contributed by atoms with van der Waals surface area (Å²) in [6.07, 6.45) is 4.73. The predicted molar refractivity (Wildman–Crippen MR) is 113 cm³/mol. The zero-order valence-corrected chi connectivity index (χ0v) is 17.8. The van der Waals surface area contributed by atoms with E-state index in [4.69, 9.17) is 0 Å². The van der Waals surface area contributed by atoms with E-state index in [9.17, 15) is 9.59 Å². The number of unbranched alkanes of at least 4 members (excludes halogenated alkanes) is 3. The maximum atomic E-state index is 13.0. The molecule has 1 aromatic heterocycles. The minimum atomic E-state index is -0.278. The van der Waals surface area contributed by atoms with Crippen LogP contribution in [0.5, 0.6) is 0 Å². The molecule has 1 amide bonds. The summed E-state index contributed by atoms with van der Waals surface area (Å²) in [4.78, 5) is 34.9. The van der Waals surface area contributed by atoms with Gasteiger partial charge in [0.05, 0.1) is 23.5 Å². The number of aromatic nitrogens is 2. The number of nitrogens with one attached hydrogen (secondary N) is 1. The lowest BCUT2D eigenvalue weighted by Gasteiger charge is -2.31. The molecule has 0 spiro atoms. The molecule has 2 aromatic rings. The van der Waals surface area contributed by atoms with Crippen LogP contribution in [0.15, 0.2) is 29.1 Å². The fourth-order valence-electron chi connectivity index (χ4n) is 3.35. The smallest absolute Gasteiger partial charge is 0.258 e. The van der Waals surface area contributed by atoms with Crippen molar-refractivity contribution >= 4 is 16.8 Å². The highest BCUT2D eigenvalue weighted by Crippen LogP contribution is 2.25. The molecule has 0 saturated carbocycles. The van der Waals surface area contributed by atoms with Gasteiger partial charge in [-0.05, 0) is 43.7 Å². The molecule has 0 unspecified atom stereocenters. The number of carbonyl (C=O) groups is 1. The Morgan fingerprint density at radius 3 is 2.54 bits per heavy atom. The number of hydrogen-bond acceptors (Lipinski definition) is 3. The third-order valence-electron chi connectivity index (χ3n) is 4.90. The quantitative estimate of drug-likeness (QED) is 0.648. The molecule has 28 heavy (non-hydrogen) atoms. The average Bonchev–Trinajstić information content (AvgIpc) is 2.62. The number of para-hydroxylation sites is 1. The molecule has 0 bridgehead atoms. The number of fused-ring (bicyclic) bond motifs is 1. The van der Waals surface area contributed by atoms with Crippen LogP contribution < -0.4 is 11.3 Å². The van der Waals surface area contributed by atoms with Crippen molar-refractivity contribution in [3.8, 4) is 0 Å².